The molecule has 2 aliphatic rings. The van der Waals surface area contributed by atoms with Crippen molar-refractivity contribution in [3.05, 3.63) is 60.2 Å². The molecule has 0 amide bonds. The molecular formula is C25H26N4S2. The van der Waals surface area contributed by atoms with E-state index in [1.807, 2.05) is 18.2 Å². The summed E-state index contributed by atoms with van der Waals surface area (Å²) in [6.45, 7) is 4.24. The van der Waals surface area contributed by atoms with Gasteiger partial charge in [-0.05, 0) is 41.0 Å². The molecule has 1 saturated carbocycles. The van der Waals surface area contributed by atoms with Crippen molar-refractivity contribution in [1.82, 2.24) is 0 Å². The van der Waals surface area contributed by atoms with Crippen molar-refractivity contribution in [3.8, 4) is 23.3 Å². The molecule has 2 aromatic rings. The van der Waals surface area contributed by atoms with E-state index >= 15 is 0 Å². The molecule has 3 atom stereocenters. The van der Waals surface area contributed by atoms with Gasteiger partial charge in [0.1, 0.15) is 16.7 Å². The van der Waals surface area contributed by atoms with Crippen molar-refractivity contribution < 1.29 is 0 Å². The second kappa shape index (κ2) is 8.26. The molecule has 1 heterocycles. The van der Waals surface area contributed by atoms with Gasteiger partial charge in [0, 0.05) is 5.92 Å². The molecular weight excluding hydrogens is 420 g/mol. The van der Waals surface area contributed by atoms with Crippen LogP contribution in [0.2, 0.25) is 0 Å². The van der Waals surface area contributed by atoms with Crippen LogP contribution in [0.5, 0.6) is 0 Å². The summed E-state index contributed by atoms with van der Waals surface area (Å²) >= 11 is 3.37. The van der Waals surface area contributed by atoms with Crippen LogP contribution in [-0.4, -0.2) is 21.5 Å². The second-order valence-electron chi connectivity index (χ2n) is 8.04. The number of fused-ring (bicyclic) bond motifs is 1. The Bertz CT molecular complexity index is 1060. The number of hydrogen-bond donors (Lipinski definition) is 1. The van der Waals surface area contributed by atoms with E-state index in [1.54, 1.807) is 23.5 Å². The minimum Gasteiger partial charge on any atom is -0.386 e. The highest BCUT2D eigenvalue weighted by Crippen LogP contribution is 2.85. The SMILES string of the molecule is CCCSC1(SCCC)N=C(N)C2(C#N)C(c3ccc(-c4ccccc4)cc3)C12C#N. The number of nitriles is 2. The molecule has 1 aliphatic carbocycles. The molecule has 0 radical (unpaired) electrons. The predicted octanol–water partition coefficient (Wildman–Crippen LogP) is 5.78. The normalized spacial score (nSPS) is 27.6. The van der Waals surface area contributed by atoms with Gasteiger partial charge in [-0.2, -0.15) is 10.5 Å². The van der Waals surface area contributed by atoms with Crippen LogP contribution in [0.4, 0.5) is 0 Å². The van der Waals surface area contributed by atoms with Gasteiger partial charge >= 0.3 is 0 Å². The highest BCUT2D eigenvalue weighted by atomic mass is 32.2. The van der Waals surface area contributed by atoms with Crippen LogP contribution in [0.3, 0.4) is 0 Å². The van der Waals surface area contributed by atoms with Crippen LogP contribution in [0.1, 0.15) is 38.2 Å². The van der Waals surface area contributed by atoms with E-state index < -0.39 is 15.0 Å². The molecule has 31 heavy (non-hydrogen) atoms. The molecule has 0 bridgehead atoms. The van der Waals surface area contributed by atoms with E-state index in [4.69, 9.17) is 10.7 Å². The van der Waals surface area contributed by atoms with Gasteiger partial charge in [0.25, 0.3) is 0 Å². The summed E-state index contributed by atoms with van der Waals surface area (Å²) in [5, 5.41) is 20.8. The van der Waals surface area contributed by atoms with Crippen molar-refractivity contribution in [1.29, 1.82) is 10.5 Å². The highest BCUT2D eigenvalue weighted by Gasteiger charge is 2.91. The topological polar surface area (TPSA) is 86.0 Å². The number of rotatable bonds is 8. The maximum atomic E-state index is 10.5. The molecule has 4 rings (SSSR count). The molecule has 2 N–H and O–H groups in total. The first kappa shape index (κ1) is 21.8. The summed E-state index contributed by atoms with van der Waals surface area (Å²) in [6.07, 6.45) is 1.96. The zero-order valence-electron chi connectivity index (χ0n) is 17.8. The van der Waals surface area contributed by atoms with E-state index in [2.05, 4.69) is 62.4 Å². The third-order valence-corrected chi connectivity index (χ3v) is 9.82. The first-order chi connectivity index (χ1) is 15.1. The number of thioether (sulfide) groups is 2. The largest absolute Gasteiger partial charge is 0.386 e. The number of nitrogens with two attached hydrogens (primary N) is 1. The summed E-state index contributed by atoms with van der Waals surface area (Å²) in [6, 6.07) is 23.5. The lowest BCUT2D eigenvalue weighted by Crippen LogP contribution is -2.32. The lowest BCUT2D eigenvalue weighted by molar-refractivity contribution is 0.563. The molecule has 0 aromatic heterocycles. The summed E-state index contributed by atoms with van der Waals surface area (Å²) in [4.78, 5) is 4.83. The molecule has 1 aliphatic heterocycles. The summed E-state index contributed by atoms with van der Waals surface area (Å²) in [7, 11) is 0. The maximum absolute atomic E-state index is 10.5. The van der Waals surface area contributed by atoms with Crippen molar-refractivity contribution in [2.45, 2.75) is 36.8 Å². The van der Waals surface area contributed by atoms with Gasteiger partial charge < -0.3 is 5.73 Å². The van der Waals surface area contributed by atoms with Crippen LogP contribution in [-0.2, 0) is 0 Å². The van der Waals surface area contributed by atoms with Crippen molar-refractivity contribution in [2.24, 2.45) is 21.6 Å². The van der Waals surface area contributed by atoms with Gasteiger partial charge in [-0.15, -0.1) is 23.5 Å². The van der Waals surface area contributed by atoms with E-state index in [9.17, 15) is 10.5 Å². The van der Waals surface area contributed by atoms with Crippen LogP contribution in [0, 0.1) is 33.5 Å². The van der Waals surface area contributed by atoms with Crippen LogP contribution >= 0.6 is 23.5 Å². The zero-order valence-corrected chi connectivity index (χ0v) is 19.5. The van der Waals surface area contributed by atoms with Crippen LogP contribution in [0.25, 0.3) is 11.1 Å². The number of nitrogens with zero attached hydrogens (tertiary/aromatic N) is 3. The Hall–Kier alpha value is -2.41. The van der Waals surface area contributed by atoms with E-state index in [1.165, 1.54) is 0 Å². The second-order valence-corrected chi connectivity index (χ2v) is 10.9. The molecule has 0 spiro atoms. The third kappa shape index (κ3) is 2.93. The Morgan fingerprint density at radius 2 is 1.48 bits per heavy atom. The average molecular weight is 447 g/mol. The van der Waals surface area contributed by atoms with Crippen LogP contribution in [0.15, 0.2) is 59.6 Å². The van der Waals surface area contributed by atoms with Gasteiger partial charge in [-0.3, -0.25) is 0 Å². The zero-order chi connectivity index (χ0) is 22.1. The Morgan fingerprint density at radius 3 is 2.00 bits per heavy atom. The lowest BCUT2D eigenvalue weighted by Gasteiger charge is -2.32. The molecule has 6 heteroatoms. The van der Waals surface area contributed by atoms with E-state index in [0.717, 1.165) is 41.0 Å². The fourth-order valence-corrected chi connectivity index (χ4v) is 8.06. The Kier molecular flexibility index (Phi) is 5.81. The van der Waals surface area contributed by atoms with Gasteiger partial charge in [0.2, 0.25) is 0 Å². The monoisotopic (exact) mass is 446 g/mol. The van der Waals surface area contributed by atoms with Gasteiger partial charge in [0.15, 0.2) is 4.20 Å². The molecule has 3 unspecified atom stereocenters. The van der Waals surface area contributed by atoms with Gasteiger partial charge in [-0.1, -0.05) is 68.4 Å². The summed E-state index contributed by atoms with van der Waals surface area (Å²) in [5.74, 6) is 1.79. The molecule has 158 valence electrons. The standard InChI is InChI=1S/C25H26N4S2/c1-3-14-30-25(31-15-4-2)24(17-27)21(23(24,16-26)22(28)29-25)20-12-10-19(11-13-20)18-8-6-5-7-9-18/h5-13,21H,3-4,14-15H2,1-2H3,(H2,28,29). The quantitative estimate of drug-likeness (QED) is 0.519. The Labute approximate surface area is 192 Å². The molecule has 4 nitrogen and oxygen atoms in total. The molecule has 0 saturated heterocycles. The van der Waals surface area contributed by atoms with Crippen molar-refractivity contribution in [3.63, 3.8) is 0 Å². The smallest absolute Gasteiger partial charge is 0.175 e. The van der Waals surface area contributed by atoms with Gasteiger partial charge in [-0.25, -0.2) is 4.99 Å². The Morgan fingerprint density at radius 1 is 0.903 bits per heavy atom. The summed E-state index contributed by atoms with van der Waals surface area (Å²) in [5.41, 5.74) is 7.67. The third-order valence-electron chi connectivity index (χ3n) is 6.28. The highest BCUT2D eigenvalue weighted by molar-refractivity contribution is 8.18. The number of aliphatic imine (C=N–C) groups is 1. The minimum absolute atomic E-state index is 0.272. The number of amidine groups is 1. The average Bonchev–Trinajstić information content (AvgIpc) is 3.40. The number of hydrogen-bond acceptors (Lipinski definition) is 6. The fourth-order valence-electron chi connectivity index (χ4n) is 4.84. The lowest BCUT2D eigenvalue weighted by atomic mass is 9.97. The maximum Gasteiger partial charge on any atom is 0.175 e. The van der Waals surface area contributed by atoms with Crippen molar-refractivity contribution >= 4 is 29.4 Å². The predicted molar refractivity (Wildman–Crippen MR) is 131 cm³/mol. The minimum atomic E-state index is -1.06. The van der Waals surface area contributed by atoms with Crippen LogP contribution < -0.4 is 5.73 Å². The van der Waals surface area contributed by atoms with E-state index in [-0.39, 0.29) is 5.92 Å². The number of benzene rings is 2. The summed E-state index contributed by atoms with van der Waals surface area (Å²) < 4.78 is -0.740. The fraction of sp³-hybridized carbons (Fsp3) is 0.400. The van der Waals surface area contributed by atoms with Crippen molar-refractivity contribution in [2.75, 3.05) is 11.5 Å². The molecule has 1 fully saturated rings. The van der Waals surface area contributed by atoms with Gasteiger partial charge in [0.05, 0.1) is 12.1 Å². The molecule has 2 aromatic carbocycles. The first-order valence-corrected chi connectivity index (χ1v) is 12.7. The Balaban J connectivity index is 1.78. The van der Waals surface area contributed by atoms with E-state index in [0.29, 0.717) is 5.84 Å². The first-order valence-electron chi connectivity index (χ1n) is 10.7.